The van der Waals surface area contributed by atoms with Crippen LogP contribution in [0.2, 0.25) is 0 Å². The van der Waals surface area contributed by atoms with Crippen molar-refractivity contribution in [1.29, 1.82) is 0 Å². The quantitative estimate of drug-likeness (QED) is 0.656. The van der Waals surface area contributed by atoms with Gasteiger partial charge in [-0.3, -0.25) is 0 Å². The van der Waals surface area contributed by atoms with Gasteiger partial charge in [-0.15, -0.1) is 11.6 Å². The highest BCUT2D eigenvalue weighted by atomic mass is 35.5. The second-order valence-corrected chi connectivity index (χ2v) is 5.15. The van der Waals surface area contributed by atoms with Gasteiger partial charge in [-0.2, -0.15) is 0 Å². The van der Waals surface area contributed by atoms with Crippen LogP contribution in [-0.4, -0.2) is 17.5 Å². The first-order chi connectivity index (χ1) is 5.52. The molecular weight excluding hydrogens is 170 g/mol. The van der Waals surface area contributed by atoms with Gasteiger partial charge >= 0.3 is 0 Å². The molecule has 1 atom stereocenters. The zero-order valence-corrected chi connectivity index (χ0v) is 9.12. The van der Waals surface area contributed by atoms with E-state index in [0.717, 1.165) is 12.5 Å². The zero-order valence-electron chi connectivity index (χ0n) is 8.36. The molecule has 1 aliphatic rings. The van der Waals surface area contributed by atoms with Gasteiger partial charge in [-0.1, -0.05) is 12.8 Å². The molecule has 0 aromatic carbocycles. The molecule has 0 bridgehead atoms. The van der Waals surface area contributed by atoms with Crippen molar-refractivity contribution in [2.45, 2.75) is 50.9 Å². The number of nitrogens with one attached hydrogen (secondary N) is 1. The highest BCUT2D eigenvalue weighted by Crippen LogP contribution is 2.32. The fourth-order valence-corrected chi connectivity index (χ4v) is 1.22. The van der Waals surface area contributed by atoms with Crippen LogP contribution in [0.25, 0.3) is 0 Å². The fraction of sp³-hybridized carbons (Fsp3) is 1.00. The summed E-state index contributed by atoms with van der Waals surface area (Å²) in [7, 11) is 0. The van der Waals surface area contributed by atoms with Crippen molar-refractivity contribution in [2.24, 2.45) is 5.92 Å². The molecule has 1 nitrogen and oxygen atoms in total. The lowest BCUT2D eigenvalue weighted by Gasteiger charge is -2.29. The third kappa shape index (κ3) is 3.32. The highest BCUT2D eigenvalue weighted by Gasteiger charge is 2.25. The van der Waals surface area contributed by atoms with Crippen molar-refractivity contribution in [1.82, 2.24) is 5.32 Å². The predicted molar refractivity (Wildman–Crippen MR) is 54.7 cm³/mol. The van der Waals surface area contributed by atoms with Gasteiger partial charge in [0.05, 0.1) is 0 Å². The van der Waals surface area contributed by atoms with Crippen molar-refractivity contribution < 1.29 is 0 Å². The molecule has 2 heteroatoms. The average Bonchev–Trinajstić information content (AvgIpc) is 2.70. The molecule has 1 fully saturated rings. The van der Waals surface area contributed by atoms with E-state index in [1.807, 2.05) is 6.92 Å². The van der Waals surface area contributed by atoms with Crippen molar-refractivity contribution >= 4 is 11.6 Å². The Kier molecular flexibility index (Phi) is 3.42. The first-order valence-electron chi connectivity index (χ1n) is 4.91. The minimum atomic E-state index is 0.0798. The minimum absolute atomic E-state index is 0.0798. The predicted octanol–water partition coefficient (Wildman–Crippen LogP) is 2.78. The zero-order chi connectivity index (χ0) is 9.19. The molecule has 0 aromatic rings. The van der Waals surface area contributed by atoms with Crippen LogP contribution in [0.3, 0.4) is 0 Å². The van der Waals surface area contributed by atoms with Crippen molar-refractivity contribution in [3.05, 3.63) is 0 Å². The maximum absolute atomic E-state index is 6.04. The molecule has 0 aromatic heterocycles. The molecule has 0 saturated heterocycles. The Hall–Kier alpha value is 0.250. The van der Waals surface area contributed by atoms with E-state index in [9.17, 15) is 0 Å². The molecule has 0 radical (unpaired) electrons. The summed E-state index contributed by atoms with van der Waals surface area (Å²) in [5, 5.41) is 3.69. The van der Waals surface area contributed by atoms with Crippen LogP contribution < -0.4 is 5.32 Å². The Morgan fingerprint density at radius 2 is 2.08 bits per heavy atom. The van der Waals surface area contributed by atoms with Gasteiger partial charge in [-0.05, 0) is 39.7 Å². The third-order valence-corrected chi connectivity index (χ3v) is 3.37. The van der Waals surface area contributed by atoms with Crippen LogP contribution in [0.4, 0.5) is 0 Å². The number of hydrogen-bond acceptors (Lipinski definition) is 1. The molecule has 0 aliphatic heterocycles. The summed E-state index contributed by atoms with van der Waals surface area (Å²) >= 11 is 6.04. The molecule has 1 N–H and O–H groups in total. The Morgan fingerprint density at radius 3 is 2.50 bits per heavy atom. The van der Waals surface area contributed by atoms with Gasteiger partial charge in [0, 0.05) is 10.9 Å². The van der Waals surface area contributed by atoms with Gasteiger partial charge in [0.15, 0.2) is 0 Å². The standard InChI is InChI=1S/C10H20ClN/c1-8(11)10(2,3)12-7-6-9-4-5-9/h8-9,12H,4-7H2,1-3H3. The number of halogens is 1. The Labute approximate surface area is 80.9 Å². The summed E-state index contributed by atoms with van der Waals surface area (Å²) in [4.78, 5) is 0. The molecule has 1 saturated carbocycles. The Bertz CT molecular complexity index is 139. The summed E-state index contributed by atoms with van der Waals surface area (Å²) in [5.74, 6) is 1.01. The van der Waals surface area contributed by atoms with Gasteiger partial charge in [0.25, 0.3) is 0 Å². The van der Waals surface area contributed by atoms with Crippen LogP contribution in [0.15, 0.2) is 0 Å². The third-order valence-electron chi connectivity index (χ3n) is 2.82. The lowest BCUT2D eigenvalue weighted by atomic mass is 10.0. The molecule has 1 aliphatic carbocycles. The van der Waals surface area contributed by atoms with Crippen LogP contribution in [0.1, 0.15) is 40.0 Å². The molecule has 0 heterocycles. The maximum Gasteiger partial charge on any atom is 0.0484 e. The van der Waals surface area contributed by atoms with Crippen LogP contribution >= 0.6 is 11.6 Å². The molecule has 1 unspecified atom stereocenters. The smallest absolute Gasteiger partial charge is 0.0484 e. The second kappa shape index (κ2) is 3.97. The first kappa shape index (κ1) is 10.3. The largest absolute Gasteiger partial charge is 0.310 e. The minimum Gasteiger partial charge on any atom is -0.310 e. The lowest BCUT2D eigenvalue weighted by Crippen LogP contribution is -2.46. The van der Waals surface area contributed by atoms with Crippen molar-refractivity contribution in [3.8, 4) is 0 Å². The van der Waals surface area contributed by atoms with Gasteiger partial charge in [-0.25, -0.2) is 0 Å². The molecule has 1 rings (SSSR count). The van der Waals surface area contributed by atoms with Crippen LogP contribution in [0, 0.1) is 5.92 Å². The van der Waals surface area contributed by atoms with E-state index in [4.69, 9.17) is 11.6 Å². The van der Waals surface area contributed by atoms with Gasteiger partial charge < -0.3 is 5.32 Å². The van der Waals surface area contributed by atoms with Crippen molar-refractivity contribution in [2.75, 3.05) is 6.54 Å². The summed E-state index contributed by atoms with van der Waals surface area (Å²) in [6.07, 6.45) is 4.21. The molecule has 72 valence electrons. The molecule has 0 spiro atoms. The Balaban J connectivity index is 2.10. The monoisotopic (exact) mass is 189 g/mol. The average molecular weight is 190 g/mol. The number of hydrogen-bond donors (Lipinski definition) is 1. The first-order valence-corrected chi connectivity index (χ1v) is 5.35. The van der Waals surface area contributed by atoms with Crippen molar-refractivity contribution in [3.63, 3.8) is 0 Å². The fourth-order valence-electron chi connectivity index (χ4n) is 1.15. The van der Waals surface area contributed by atoms with E-state index in [2.05, 4.69) is 19.2 Å². The summed E-state index contributed by atoms with van der Waals surface area (Å²) in [6.45, 7) is 7.50. The lowest BCUT2D eigenvalue weighted by molar-refractivity contribution is 0.375. The summed E-state index contributed by atoms with van der Waals surface area (Å²) in [5.41, 5.74) is 0.0798. The van der Waals surface area contributed by atoms with E-state index in [0.29, 0.717) is 0 Å². The van der Waals surface area contributed by atoms with Gasteiger partial charge in [0.1, 0.15) is 0 Å². The number of rotatable bonds is 5. The highest BCUT2D eigenvalue weighted by molar-refractivity contribution is 6.21. The van der Waals surface area contributed by atoms with E-state index in [1.165, 1.54) is 19.3 Å². The molecular formula is C10H20ClN. The Morgan fingerprint density at radius 1 is 1.50 bits per heavy atom. The molecule has 12 heavy (non-hydrogen) atoms. The maximum atomic E-state index is 6.04. The van der Waals surface area contributed by atoms with Gasteiger partial charge in [0.2, 0.25) is 0 Å². The molecule has 0 amide bonds. The second-order valence-electron chi connectivity index (χ2n) is 4.50. The number of alkyl halides is 1. The van der Waals surface area contributed by atoms with Crippen LogP contribution in [-0.2, 0) is 0 Å². The SMILES string of the molecule is CC(Cl)C(C)(C)NCCC1CC1. The van der Waals surface area contributed by atoms with E-state index < -0.39 is 0 Å². The topological polar surface area (TPSA) is 12.0 Å². The van der Waals surface area contributed by atoms with Crippen LogP contribution in [0.5, 0.6) is 0 Å². The summed E-state index contributed by atoms with van der Waals surface area (Å²) in [6, 6.07) is 0. The van der Waals surface area contributed by atoms with E-state index >= 15 is 0 Å². The summed E-state index contributed by atoms with van der Waals surface area (Å²) < 4.78 is 0. The van der Waals surface area contributed by atoms with E-state index in [-0.39, 0.29) is 10.9 Å². The van der Waals surface area contributed by atoms with E-state index in [1.54, 1.807) is 0 Å². The normalized spacial score (nSPS) is 21.0.